The Morgan fingerprint density at radius 2 is 1.79 bits per heavy atom. The van der Waals surface area contributed by atoms with Crippen molar-refractivity contribution in [1.82, 2.24) is 5.32 Å². The van der Waals surface area contributed by atoms with Crippen LogP contribution in [-0.4, -0.2) is 23.0 Å². The first-order valence-electron chi connectivity index (χ1n) is 6.58. The predicted molar refractivity (Wildman–Crippen MR) is 76.8 cm³/mol. The molecule has 0 rings (SSSR count). The highest BCUT2D eigenvalue weighted by Crippen LogP contribution is 2.07. The van der Waals surface area contributed by atoms with Crippen LogP contribution in [0.15, 0.2) is 23.3 Å². The van der Waals surface area contributed by atoms with Crippen molar-refractivity contribution in [2.75, 3.05) is 0 Å². The lowest BCUT2D eigenvalue weighted by Crippen LogP contribution is -2.43. The molecule has 0 aliphatic carbocycles. The number of nitrogens with one attached hydrogen (secondary N) is 1. The molecule has 1 atom stereocenters. The number of aliphatic carboxylic acids is 1. The highest BCUT2D eigenvalue weighted by molar-refractivity contribution is 5.91. The van der Waals surface area contributed by atoms with Gasteiger partial charge in [-0.1, -0.05) is 31.1 Å². The molecule has 0 saturated heterocycles. The molecule has 2 N–H and O–H groups in total. The molecule has 0 aromatic rings. The van der Waals surface area contributed by atoms with Crippen LogP contribution >= 0.6 is 0 Å². The molecule has 0 saturated carbocycles. The molecular weight excluding hydrogens is 242 g/mol. The van der Waals surface area contributed by atoms with Gasteiger partial charge in [-0.15, -0.1) is 0 Å². The fourth-order valence-electron chi connectivity index (χ4n) is 1.59. The Balaban J connectivity index is 4.42. The second-order valence-electron chi connectivity index (χ2n) is 5.38. The lowest BCUT2D eigenvalue weighted by molar-refractivity contribution is -0.142. The van der Waals surface area contributed by atoms with E-state index in [-0.39, 0.29) is 11.8 Å². The van der Waals surface area contributed by atoms with Crippen LogP contribution in [-0.2, 0) is 9.59 Å². The van der Waals surface area contributed by atoms with Gasteiger partial charge in [-0.3, -0.25) is 4.79 Å². The molecule has 0 aromatic carbocycles. The topological polar surface area (TPSA) is 66.4 Å². The summed E-state index contributed by atoms with van der Waals surface area (Å²) in [5.74, 6) is -1.48. The van der Waals surface area contributed by atoms with Gasteiger partial charge in [-0.2, -0.15) is 0 Å². The minimum Gasteiger partial charge on any atom is -0.480 e. The molecule has 4 nitrogen and oxygen atoms in total. The Morgan fingerprint density at radius 1 is 1.21 bits per heavy atom. The SMILES string of the molecule is CC(C)=CCCC(C)=CC(=O)NC(C(=O)O)C(C)C. The van der Waals surface area contributed by atoms with Gasteiger partial charge in [0.05, 0.1) is 0 Å². The average Bonchev–Trinajstić information content (AvgIpc) is 2.24. The molecule has 108 valence electrons. The van der Waals surface area contributed by atoms with Crippen LogP contribution in [0.4, 0.5) is 0 Å². The standard InChI is InChI=1S/C15H25NO3/c1-10(2)7-6-8-12(5)9-13(17)16-14(11(3)4)15(18)19/h7,9,11,14H,6,8H2,1-5H3,(H,16,17)(H,18,19). The smallest absolute Gasteiger partial charge is 0.326 e. The summed E-state index contributed by atoms with van der Waals surface area (Å²) in [5.41, 5.74) is 2.20. The molecule has 19 heavy (non-hydrogen) atoms. The molecule has 0 fully saturated rings. The second-order valence-corrected chi connectivity index (χ2v) is 5.38. The second kappa shape index (κ2) is 8.51. The van der Waals surface area contributed by atoms with Crippen molar-refractivity contribution in [2.24, 2.45) is 5.92 Å². The minimum atomic E-state index is -1.00. The number of amides is 1. The van der Waals surface area contributed by atoms with E-state index in [1.165, 1.54) is 11.6 Å². The van der Waals surface area contributed by atoms with Gasteiger partial charge < -0.3 is 10.4 Å². The van der Waals surface area contributed by atoms with Crippen molar-refractivity contribution in [3.05, 3.63) is 23.3 Å². The molecule has 0 aliphatic heterocycles. The predicted octanol–water partition coefficient (Wildman–Crippen LogP) is 2.90. The largest absolute Gasteiger partial charge is 0.480 e. The van der Waals surface area contributed by atoms with E-state index in [0.29, 0.717) is 0 Å². The lowest BCUT2D eigenvalue weighted by atomic mass is 10.0. The Kier molecular flexibility index (Phi) is 7.80. The van der Waals surface area contributed by atoms with Crippen molar-refractivity contribution in [3.63, 3.8) is 0 Å². The summed E-state index contributed by atoms with van der Waals surface area (Å²) in [6.45, 7) is 9.48. The third kappa shape index (κ3) is 8.19. The third-order valence-corrected chi connectivity index (χ3v) is 2.70. The number of rotatable bonds is 7. The summed E-state index contributed by atoms with van der Waals surface area (Å²) in [6, 6.07) is -0.839. The normalized spacial score (nSPS) is 13.1. The number of carboxylic acids is 1. The minimum absolute atomic E-state index is 0.138. The lowest BCUT2D eigenvalue weighted by Gasteiger charge is -2.16. The Labute approximate surface area is 115 Å². The van der Waals surface area contributed by atoms with E-state index in [1.807, 2.05) is 20.8 Å². The van der Waals surface area contributed by atoms with Gasteiger partial charge in [-0.25, -0.2) is 4.79 Å². The van der Waals surface area contributed by atoms with Crippen molar-refractivity contribution in [3.8, 4) is 0 Å². The fraction of sp³-hybridized carbons (Fsp3) is 0.600. The Bertz CT molecular complexity index is 377. The molecule has 0 bridgehead atoms. The van der Waals surface area contributed by atoms with E-state index in [9.17, 15) is 9.59 Å². The zero-order valence-corrected chi connectivity index (χ0v) is 12.5. The van der Waals surface area contributed by atoms with Crippen molar-refractivity contribution >= 4 is 11.9 Å². The maximum Gasteiger partial charge on any atom is 0.326 e. The van der Waals surface area contributed by atoms with Gasteiger partial charge in [0, 0.05) is 6.08 Å². The number of carboxylic acid groups (broad SMARTS) is 1. The molecule has 0 radical (unpaired) electrons. The summed E-state index contributed by atoms with van der Waals surface area (Å²) in [5, 5.41) is 11.5. The highest BCUT2D eigenvalue weighted by atomic mass is 16.4. The van der Waals surface area contributed by atoms with E-state index in [4.69, 9.17) is 5.11 Å². The summed E-state index contributed by atoms with van der Waals surface area (Å²) in [6.07, 6.45) is 5.29. The summed E-state index contributed by atoms with van der Waals surface area (Å²) < 4.78 is 0. The molecule has 0 heterocycles. The molecule has 4 heteroatoms. The van der Waals surface area contributed by atoms with E-state index in [1.54, 1.807) is 13.8 Å². The van der Waals surface area contributed by atoms with E-state index in [2.05, 4.69) is 11.4 Å². The zero-order chi connectivity index (χ0) is 15.0. The number of hydrogen-bond donors (Lipinski definition) is 2. The Morgan fingerprint density at radius 3 is 2.21 bits per heavy atom. The van der Waals surface area contributed by atoms with E-state index >= 15 is 0 Å². The number of carbonyl (C=O) groups is 2. The van der Waals surface area contributed by atoms with Crippen molar-refractivity contribution in [1.29, 1.82) is 0 Å². The maximum atomic E-state index is 11.7. The van der Waals surface area contributed by atoms with Crippen molar-refractivity contribution in [2.45, 2.75) is 53.5 Å². The summed E-state index contributed by atoms with van der Waals surface area (Å²) >= 11 is 0. The van der Waals surface area contributed by atoms with Gasteiger partial charge in [0.25, 0.3) is 0 Å². The molecule has 1 amide bonds. The quantitative estimate of drug-likeness (QED) is 0.550. The van der Waals surface area contributed by atoms with Crippen LogP contribution in [0.25, 0.3) is 0 Å². The van der Waals surface area contributed by atoms with Gasteiger partial charge >= 0.3 is 5.97 Å². The molecule has 0 aliphatic rings. The first-order valence-corrected chi connectivity index (χ1v) is 6.58. The molecular formula is C15H25NO3. The van der Waals surface area contributed by atoms with Crippen LogP contribution in [0, 0.1) is 5.92 Å². The molecule has 0 aromatic heterocycles. The van der Waals surface area contributed by atoms with E-state index in [0.717, 1.165) is 18.4 Å². The Hall–Kier alpha value is -1.58. The zero-order valence-electron chi connectivity index (χ0n) is 12.5. The van der Waals surface area contributed by atoms with Crippen LogP contribution in [0.3, 0.4) is 0 Å². The van der Waals surface area contributed by atoms with Crippen LogP contribution < -0.4 is 5.32 Å². The van der Waals surface area contributed by atoms with Crippen LogP contribution in [0.2, 0.25) is 0 Å². The maximum absolute atomic E-state index is 11.7. The van der Waals surface area contributed by atoms with Crippen LogP contribution in [0.5, 0.6) is 0 Å². The summed E-state index contributed by atoms with van der Waals surface area (Å²) in [7, 11) is 0. The van der Waals surface area contributed by atoms with Crippen LogP contribution in [0.1, 0.15) is 47.5 Å². The van der Waals surface area contributed by atoms with Gasteiger partial charge in [0.2, 0.25) is 5.91 Å². The van der Waals surface area contributed by atoms with Gasteiger partial charge in [-0.05, 0) is 39.5 Å². The van der Waals surface area contributed by atoms with Gasteiger partial charge in [0.1, 0.15) is 6.04 Å². The first kappa shape index (κ1) is 17.4. The fourth-order valence-corrected chi connectivity index (χ4v) is 1.59. The van der Waals surface area contributed by atoms with Gasteiger partial charge in [0.15, 0.2) is 0 Å². The third-order valence-electron chi connectivity index (χ3n) is 2.70. The monoisotopic (exact) mass is 267 g/mol. The van der Waals surface area contributed by atoms with E-state index < -0.39 is 12.0 Å². The van der Waals surface area contributed by atoms with Crippen molar-refractivity contribution < 1.29 is 14.7 Å². The number of allylic oxidation sites excluding steroid dienone is 3. The average molecular weight is 267 g/mol. The molecule has 0 spiro atoms. The molecule has 1 unspecified atom stereocenters. The number of hydrogen-bond acceptors (Lipinski definition) is 2. The first-order chi connectivity index (χ1) is 8.73. The highest BCUT2D eigenvalue weighted by Gasteiger charge is 2.22. The number of carbonyl (C=O) groups excluding carboxylic acids is 1. The summed E-state index contributed by atoms with van der Waals surface area (Å²) in [4.78, 5) is 22.7.